The number of rotatable bonds is 10. The van der Waals surface area contributed by atoms with Gasteiger partial charge in [-0.05, 0) is 48.7 Å². The molecule has 2 rings (SSSR count). The number of nitrogens with one attached hydrogen (secondary N) is 2. The monoisotopic (exact) mass is 330 g/mol. The number of sulfonamides is 1. The molecular weight excluding hydrogens is 304 g/mol. The highest BCUT2D eigenvalue weighted by Gasteiger charge is 2.28. The Morgan fingerprint density at radius 3 is 2.76 bits per heavy atom. The van der Waals surface area contributed by atoms with E-state index >= 15 is 0 Å². The molecule has 1 aromatic rings. The maximum Gasteiger partial charge on any atom is 0.250 e. The first-order chi connectivity index (χ1) is 10.0. The van der Waals surface area contributed by atoms with Crippen molar-refractivity contribution in [3.63, 3.8) is 0 Å². The lowest BCUT2D eigenvalue weighted by atomic mass is 10.1. The van der Waals surface area contributed by atoms with Gasteiger partial charge < -0.3 is 5.32 Å². The Kier molecular flexibility index (Phi) is 6.22. The summed E-state index contributed by atoms with van der Waals surface area (Å²) in [6.07, 6.45) is 5.42. The molecule has 4 nitrogen and oxygen atoms in total. The van der Waals surface area contributed by atoms with Gasteiger partial charge in [-0.1, -0.05) is 26.7 Å². The third-order valence-electron chi connectivity index (χ3n) is 3.78. The van der Waals surface area contributed by atoms with Crippen LogP contribution in [0.5, 0.6) is 0 Å². The topological polar surface area (TPSA) is 58.2 Å². The van der Waals surface area contributed by atoms with E-state index in [4.69, 9.17) is 0 Å². The molecule has 1 aliphatic rings. The Hall–Kier alpha value is -0.430. The zero-order chi connectivity index (χ0) is 15.3. The van der Waals surface area contributed by atoms with Crippen molar-refractivity contribution in [2.75, 3.05) is 6.54 Å². The van der Waals surface area contributed by atoms with E-state index in [1.807, 2.05) is 12.3 Å². The van der Waals surface area contributed by atoms with Gasteiger partial charge in [0.2, 0.25) is 10.0 Å². The van der Waals surface area contributed by atoms with Crippen molar-refractivity contribution in [1.29, 1.82) is 0 Å². The summed E-state index contributed by atoms with van der Waals surface area (Å²) < 4.78 is 28.2. The maximum absolute atomic E-state index is 12.4. The molecule has 1 fully saturated rings. The molecule has 2 N–H and O–H groups in total. The standard InChI is InChI=1S/C15H26N2O2S2/c1-3-7-16-10-13-9-15(20-11-13)21(18,19)17-14(4-2)8-12-5-6-12/h9,11-12,14,16-17H,3-8,10H2,1-2H3. The van der Waals surface area contributed by atoms with Gasteiger partial charge in [0.25, 0.3) is 0 Å². The van der Waals surface area contributed by atoms with Crippen LogP contribution in [0.4, 0.5) is 0 Å². The molecule has 1 saturated carbocycles. The van der Waals surface area contributed by atoms with Crippen molar-refractivity contribution in [2.24, 2.45) is 5.92 Å². The Labute approximate surface area is 132 Å². The van der Waals surface area contributed by atoms with Crippen molar-refractivity contribution in [3.8, 4) is 0 Å². The molecule has 0 bridgehead atoms. The predicted octanol–water partition coefficient (Wildman–Crippen LogP) is 3.10. The van der Waals surface area contributed by atoms with Crippen molar-refractivity contribution >= 4 is 21.4 Å². The van der Waals surface area contributed by atoms with Gasteiger partial charge in [-0.3, -0.25) is 0 Å². The number of hydrogen-bond acceptors (Lipinski definition) is 4. The first-order valence-electron chi connectivity index (χ1n) is 7.85. The van der Waals surface area contributed by atoms with E-state index in [0.29, 0.717) is 4.21 Å². The molecule has 0 aromatic carbocycles. The molecular formula is C15H26N2O2S2. The summed E-state index contributed by atoms with van der Waals surface area (Å²) in [5.41, 5.74) is 1.05. The van der Waals surface area contributed by atoms with Crippen LogP contribution in [-0.2, 0) is 16.6 Å². The molecule has 0 radical (unpaired) electrons. The van der Waals surface area contributed by atoms with Gasteiger partial charge in [0.05, 0.1) is 0 Å². The number of thiophene rings is 1. The highest BCUT2D eigenvalue weighted by Crippen LogP contribution is 2.34. The molecule has 120 valence electrons. The second kappa shape index (κ2) is 7.72. The van der Waals surface area contributed by atoms with Gasteiger partial charge in [0.1, 0.15) is 4.21 Å². The lowest BCUT2D eigenvalue weighted by molar-refractivity contribution is 0.496. The van der Waals surface area contributed by atoms with Crippen LogP contribution in [-0.4, -0.2) is 21.0 Å². The van der Waals surface area contributed by atoms with Crippen molar-refractivity contribution in [3.05, 3.63) is 17.0 Å². The molecule has 21 heavy (non-hydrogen) atoms. The highest BCUT2D eigenvalue weighted by atomic mass is 32.2. The molecule has 0 saturated heterocycles. The lowest BCUT2D eigenvalue weighted by Crippen LogP contribution is -2.34. The van der Waals surface area contributed by atoms with Crippen LogP contribution in [0.3, 0.4) is 0 Å². The second-order valence-electron chi connectivity index (χ2n) is 5.86. The Morgan fingerprint density at radius 2 is 2.14 bits per heavy atom. The summed E-state index contributed by atoms with van der Waals surface area (Å²) in [6.45, 7) is 5.85. The average molecular weight is 331 g/mol. The van der Waals surface area contributed by atoms with Crippen LogP contribution >= 0.6 is 11.3 Å². The van der Waals surface area contributed by atoms with E-state index in [9.17, 15) is 8.42 Å². The Morgan fingerprint density at radius 1 is 1.38 bits per heavy atom. The molecule has 1 atom stereocenters. The van der Waals surface area contributed by atoms with Gasteiger partial charge in [-0.2, -0.15) is 0 Å². The minimum Gasteiger partial charge on any atom is -0.313 e. The first-order valence-corrected chi connectivity index (χ1v) is 10.2. The highest BCUT2D eigenvalue weighted by molar-refractivity contribution is 7.91. The van der Waals surface area contributed by atoms with Gasteiger partial charge in [0.15, 0.2) is 0 Å². The van der Waals surface area contributed by atoms with E-state index in [2.05, 4.69) is 17.0 Å². The summed E-state index contributed by atoms with van der Waals surface area (Å²) in [5, 5.41) is 5.22. The minimum absolute atomic E-state index is 0.0752. The predicted molar refractivity (Wildman–Crippen MR) is 88.1 cm³/mol. The Bertz CT molecular complexity index is 536. The van der Waals surface area contributed by atoms with Crippen molar-refractivity contribution in [2.45, 2.75) is 62.7 Å². The molecule has 1 aliphatic carbocycles. The van der Waals surface area contributed by atoms with Crippen LogP contribution in [0.1, 0.15) is 51.5 Å². The third-order valence-corrected chi connectivity index (χ3v) is 6.79. The fraction of sp³-hybridized carbons (Fsp3) is 0.733. The van der Waals surface area contributed by atoms with Gasteiger partial charge in [0, 0.05) is 12.6 Å². The first kappa shape index (κ1) is 16.9. The molecule has 1 unspecified atom stereocenters. The molecule has 0 aliphatic heterocycles. The van der Waals surface area contributed by atoms with E-state index in [1.165, 1.54) is 24.2 Å². The van der Waals surface area contributed by atoms with E-state index in [0.717, 1.165) is 43.8 Å². The van der Waals surface area contributed by atoms with Crippen LogP contribution in [0.15, 0.2) is 15.7 Å². The Balaban J connectivity index is 1.94. The second-order valence-corrected chi connectivity index (χ2v) is 8.71. The fourth-order valence-corrected chi connectivity index (χ4v) is 4.89. The van der Waals surface area contributed by atoms with Gasteiger partial charge in [-0.15, -0.1) is 11.3 Å². The van der Waals surface area contributed by atoms with Gasteiger partial charge in [-0.25, -0.2) is 13.1 Å². The maximum atomic E-state index is 12.4. The minimum atomic E-state index is -3.36. The summed E-state index contributed by atoms with van der Waals surface area (Å²) >= 11 is 1.31. The smallest absolute Gasteiger partial charge is 0.250 e. The van der Waals surface area contributed by atoms with E-state index < -0.39 is 10.0 Å². The third kappa shape index (κ3) is 5.36. The normalized spacial score (nSPS) is 17.0. The molecule has 6 heteroatoms. The summed E-state index contributed by atoms with van der Waals surface area (Å²) in [4.78, 5) is 0. The zero-order valence-electron chi connectivity index (χ0n) is 12.9. The van der Waals surface area contributed by atoms with Crippen LogP contribution < -0.4 is 10.0 Å². The quantitative estimate of drug-likeness (QED) is 0.648. The lowest BCUT2D eigenvalue weighted by Gasteiger charge is -2.15. The summed E-state index contributed by atoms with van der Waals surface area (Å²) in [7, 11) is -3.36. The van der Waals surface area contributed by atoms with Crippen molar-refractivity contribution < 1.29 is 8.42 Å². The largest absolute Gasteiger partial charge is 0.313 e. The van der Waals surface area contributed by atoms with E-state index in [1.54, 1.807) is 6.07 Å². The van der Waals surface area contributed by atoms with E-state index in [-0.39, 0.29) is 6.04 Å². The molecule has 0 amide bonds. The summed E-state index contributed by atoms with van der Waals surface area (Å²) in [5.74, 6) is 0.731. The molecule has 1 heterocycles. The number of hydrogen-bond donors (Lipinski definition) is 2. The van der Waals surface area contributed by atoms with Crippen LogP contribution in [0.25, 0.3) is 0 Å². The van der Waals surface area contributed by atoms with Crippen molar-refractivity contribution in [1.82, 2.24) is 10.0 Å². The van der Waals surface area contributed by atoms with Crippen LogP contribution in [0.2, 0.25) is 0 Å². The van der Waals surface area contributed by atoms with Crippen LogP contribution in [0, 0.1) is 5.92 Å². The molecule has 1 aromatic heterocycles. The summed E-state index contributed by atoms with van der Waals surface area (Å²) in [6, 6.07) is 1.87. The molecule has 0 spiro atoms. The fourth-order valence-electron chi connectivity index (χ4n) is 2.33. The van der Waals surface area contributed by atoms with Gasteiger partial charge >= 0.3 is 0 Å². The SMILES string of the molecule is CCCNCc1csc(S(=O)(=O)NC(CC)CC2CC2)c1. The average Bonchev–Trinajstić information content (AvgIpc) is 3.12. The zero-order valence-corrected chi connectivity index (χ0v) is 14.5.